The molecule has 9 heteroatoms. The topological polar surface area (TPSA) is 42.0 Å². The lowest BCUT2D eigenvalue weighted by Gasteiger charge is -2.12. The maximum atomic E-state index is 13.0. The number of nitrogens with zero attached hydrogens (tertiary/aromatic N) is 1. The minimum Gasteiger partial charge on any atom is -0.322 e. The van der Waals surface area contributed by atoms with Crippen molar-refractivity contribution >= 4 is 27.9 Å². The number of halogens is 6. The summed E-state index contributed by atoms with van der Waals surface area (Å²) in [6, 6.07) is 15.6. The van der Waals surface area contributed by atoms with Gasteiger partial charge in [-0.05, 0) is 60.0 Å². The molecule has 1 N–H and O–H groups in total. The number of hydrogen-bond donors (Lipinski definition) is 1. The molecular weight excluding hydrogens is 506 g/mol. The van der Waals surface area contributed by atoms with Gasteiger partial charge < -0.3 is 5.32 Å². The maximum Gasteiger partial charge on any atom is 0.416 e. The van der Waals surface area contributed by atoms with Crippen molar-refractivity contribution in [3.05, 3.63) is 125 Å². The molecule has 0 saturated heterocycles. The molecule has 4 aromatic rings. The van der Waals surface area contributed by atoms with Gasteiger partial charge in [-0.25, -0.2) is 0 Å². The SMILES string of the molecule is Cc1nccc2c(NC(=O)C=CC=C(c3ccc(C(F)(F)F)cc3)c3ccc(C(F)(F)F)cc3)cccc12. The molecule has 0 aliphatic heterocycles. The molecule has 38 heavy (non-hydrogen) atoms. The molecule has 0 fully saturated rings. The Kier molecular flexibility index (Phi) is 7.39. The zero-order valence-corrected chi connectivity index (χ0v) is 19.9. The largest absolute Gasteiger partial charge is 0.416 e. The number of rotatable bonds is 5. The molecule has 1 aromatic heterocycles. The fourth-order valence-corrected chi connectivity index (χ4v) is 3.91. The van der Waals surface area contributed by atoms with Gasteiger partial charge in [0.1, 0.15) is 0 Å². The summed E-state index contributed by atoms with van der Waals surface area (Å²) in [6.07, 6.45) is -3.37. The molecule has 3 nitrogen and oxygen atoms in total. The number of alkyl halides is 6. The number of nitrogens with one attached hydrogen (secondary N) is 1. The zero-order chi connectivity index (χ0) is 27.5. The van der Waals surface area contributed by atoms with E-state index < -0.39 is 29.4 Å². The number of carbonyl (C=O) groups is 1. The number of amides is 1. The van der Waals surface area contributed by atoms with E-state index in [0.29, 0.717) is 22.4 Å². The van der Waals surface area contributed by atoms with Gasteiger partial charge in [0, 0.05) is 34.4 Å². The summed E-state index contributed by atoms with van der Waals surface area (Å²) >= 11 is 0. The van der Waals surface area contributed by atoms with Crippen LogP contribution in [0.4, 0.5) is 32.0 Å². The summed E-state index contributed by atoms with van der Waals surface area (Å²) in [5.74, 6) is -0.470. The number of carbonyl (C=O) groups excluding carboxylic acids is 1. The number of allylic oxidation sites excluding steroid dienone is 2. The van der Waals surface area contributed by atoms with Gasteiger partial charge >= 0.3 is 12.4 Å². The van der Waals surface area contributed by atoms with Crippen molar-refractivity contribution in [3.8, 4) is 0 Å². The highest BCUT2D eigenvalue weighted by molar-refractivity contribution is 6.06. The van der Waals surface area contributed by atoms with Crippen LogP contribution in [0.1, 0.15) is 27.9 Å². The maximum absolute atomic E-state index is 13.0. The average Bonchev–Trinajstić information content (AvgIpc) is 2.86. The Morgan fingerprint density at radius 1 is 0.763 bits per heavy atom. The molecule has 0 atom stereocenters. The van der Waals surface area contributed by atoms with E-state index in [1.54, 1.807) is 24.4 Å². The first kappa shape index (κ1) is 26.7. The van der Waals surface area contributed by atoms with Crippen LogP contribution >= 0.6 is 0 Å². The average molecular weight is 526 g/mol. The molecule has 0 bridgehead atoms. The van der Waals surface area contributed by atoms with Crippen molar-refractivity contribution in [2.24, 2.45) is 0 Å². The predicted molar refractivity (Wildman–Crippen MR) is 134 cm³/mol. The third-order valence-corrected chi connectivity index (χ3v) is 5.82. The van der Waals surface area contributed by atoms with Crippen molar-refractivity contribution in [1.29, 1.82) is 0 Å². The molecule has 1 amide bonds. The van der Waals surface area contributed by atoms with Crippen LogP contribution in [-0.2, 0) is 17.1 Å². The molecule has 3 aromatic carbocycles. The molecule has 0 radical (unpaired) electrons. The number of aromatic nitrogens is 1. The molecule has 194 valence electrons. The quantitative estimate of drug-likeness (QED) is 0.162. The number of hydrogen-bond acceptors (Lipinski definition) is 2. The number of fused-ring (bicyclic) bond motifs is 1. The van der Waals surface area contributed by atoms with E-state index >= 15 is 0 Å². The van der Waals surface area contributed by atoms with E-state index in [4.69, 9.17) is 0 Å². The Bertz CT molecular complexity index is 1460. The monoisotopic (exact) mass is 526 g/mol. The van der Waals surface area contributed by atoms with Gasteiger partial charge in [0.15, 0.2) is 0 Å². The van der Waals surface area contributed by atoms with Gasteiger partial charge in [0.25, 0.3) is 0 Å². The second-order valence-corrected chi connectivity index (χ2v) is 8.38. The minimum absolute atomic E-state index is 0.333. The number of pyridine rings is 1. The fourth-order valence-electron chi connectivity index (χ4n) is 3.91. The van der Waals surface area contributed by atoms with Gasteiger partial charge in [0.2, 0.25) is 5.91 Å². The molecule has 0 spiro atoms. The van der Waals surface area contributed by atoms with E-state index in [-0.39, 0.29) is 0 Å². The van der Waals surface area contributed by atoms with E-state index in [2.05, 4.69) is 10.3 Å². The van der Waals surface area contributed by atoms with Crippen molar-refractivity contribution in [2.45, 2.75) is 19.3 Å². The van der Waals surface area contributed by atoms with Crippen LogP contribution in [0.3, 0.4) is 0 Å². The molecule has 1 heterocycles. The standard InChI is InChI=1S/C29H20F6N2O/c1-18-23-4-2-6-26(25(23)16-17-36-18)37-27(38)7-3-5-24(19-8-12-21(13-9-19)28(30,31)32)20-10-14-22(15-11-20)29(33,34)35/h2-17H,1H3,(H,37,38). The molecular formula is C29H20F6N2O. The minimum atomic E-state index is -4.54. The fraction of sp³-hybridized carbons (Fsp3) is 0.103. The van der Waals surface area contributed by atoms with Crippen molar-refractivity contribution in [2.75, 3.05) is 5.32 Å². The highest BCUT2D eigenvalue weighted by Gasteiger charge is 2.31. The first-order valence-electron chi connectivity index (χ1n) is 11.3. The van der Waals surface area contributed by atoms with Crippen LogP contribution in [0.5, 0.6) is 0 Å². The number of aryl methyl sites for hydroxylation is 1. The van der Waals surface area contributed by atoms with Crippen molar-refractivity contribution < 1.29 is 31.1 Å². The molecule has 0 saturated carbocycles. The summed E-state index contributed by atoms with van der Waals surface area (Å²) in [5.41, 5.74) is 0.655. The Balaban J connectivity index is 1.64. The lowest BCUT2D eigenvalue weighted by atomic mass is 9.95. The number of anilines is 1. The Morgan fingerprint density at radius 3 is 1.84 bits per heavy atom. The second-order valence-electron chi connectivity index (χ2n) is 8.38. The first-order valence-corrected chi connectivity index (χ1v) is 11.3. The van der Waals surface area contributed by atoms with E-state index in [0.717, 1.165) is 40.7 Å². The molecule has 0 aliphatic rings. The van der Waals surface area contributed by atoms with Crippen LogP contribution in [0.2, 0.25) is 0 Å². The van der Waals surface area contributed by atoms with E-state index in [1.165, 1.54) is 42.5 Å². The normalized spacial score (nSPS) is 12.1. The summed E-state index contributed by atoms with van der Waals surface area (Å²) in [7, 11) is 0. The van der Waals surface area contributed by atoms with Gasteiger partial charge in [-0.3, -0.25) is 9.78 Å². The van der Waals surface area contributed by atoms with Crippen molar-refractivity contribution in [1.82, 2.24) is 4.98 Å². The first-order chi connectivity index (χ1) is 17.9. The Morgan fingerprint density at radius 2 is 1.32 bits per heavy atom. The molecule has 0 aliphatic carbocycles. The van der Waals surface area contributed by atoms with Gasteiger partial charge in [-0.2, -0.15) is 26.3 Å². The van der Waals surface area contributed by atoms with Crippen LogP contribution in [0.25, 0.3) is 16.3 Å². The molecule has 4 rings (SSSR count). The highest BCUT2D eigenvalue weighted by Crippen LogP contribution is 2.33. The summed E-state index contributed by atoms with van der Waals surface area (Å²) < 4.78 is 78.1. The third kappa shape index (κ3) is 6.11. The highest BCUT2D eigenvalue weighted by atomic mass is 19.4. The van der Waals surface area contributed by atoms with Gasteiger partial charge in [0.05, 0.1) is 11.1 Å². The predicted octanol–water partition coefficient (Wildman–Crippen LogP) is 8.21. The number of benzene rings is 3. The van der Waals surface area contributed by atoms with Crippen LogP contribution in [-0.4, -0.2) is 10.9 Å². The summed E-state index contributed by atoms with van der Waals surface area (Å²) in [4.78, 5) is 16.8. The van der Waals surface area contributed by atoms with Gasteiger partial charge in [-0.1, -0.05) is 48.6 Å². The van der Waals surface area contributed by atoms with Crippen LogP contribution < -0.4 is 5.32 Å². The Labute approximate surface area is 214 Å². The smallest absolute Gasteiger partial charge is 0.322 e. The van der Waals surface area contributed by atoms with E-state index in [1.807, 2.05) is 13.0 Å². The second kappa shape index (κ2) is 10.5. The van der Waals surface area contributed by atoms with Crippen LogP contribution in [0.15, 0.2) is 97.2 Å². The zero-order valence-electron chi connectivity index (χ0n) is 19.9. The lowest BCUT2D eigenvalue weighted by Crippen LogP contribution is -2.08. The lowest BCUT2D eigenvalue weighted by molar-refractivity contribution is -0.138. The third-order valence-electron chi connectivity index (χ3n) is 5.82. The van der Waals surface area contributed by atoms with Crippen molar-refractivity contribution in [3.63, 3.8) is 0 Å². The Hall–Kier alpha value is -4.40. The van der Waals surface area contributed by atoms with Crippen LogP contribution in [0, 0.1) is 6.92 Å². The van der Waals surface area contributed by atoms with Gasteiger partial charge in [-0.15, -0.1) is 0 Å². The summed E-state index contributed by atoms with van der Waals surface area (Å²) in [5, 5.41) is 4.46. The summed E-state index contributed by atoms with van der Waals surface area (Å²) in [6.45, 7) is 1.85. The molecule has 0 unspecified atom stereocenters. The van der Waals surface area contributed by atoms with E-state index in [9.17, 15) is 31.1 Å².